The maximum Gasteiger partial charge on any atom is 0.332 e. The lowest BCUT2D eigenvalue weighted by atomic mass is 9.71. The fraction of sp³-hybridized carbons (Fsp3) is 0.433. The van der Waals surface area contributed by atoms with Gasteiger partial charge in [0.15, 0.2) is 0 Å². The smallest absolute Gasteiger partial charge is 0.332 e. The number of ketones is 2. The van der Waals surface area contributed by atoms with Gasteiger partial charge in [-0.2, -0.15) is 0 Å². The fourth-order valence-corrected chi connectivity index (χ4v) is 6.79. The number of carbonyl (C=O) groups is 5. The van der Waals surface area contributed by atoms with Crippen LogP contribution in [0.5, 0.6) is 0 Å². The zero-order valence-electron chi connectivity index (χ0n) is 21.8. The van der Waals surface area contributed by atoms with E-state index in [1.165, 1.54) is 41.2 Å². The third-order valence-corrected chi connectivity index (χ3v) is 8.50. The first-order valence-electron chi connectivity index (χ1n) is 13.3. The Hall–Kier alpha value is -3.88. The third kappa shape index (κ3) is 4.75. The van der Waals surface area contributed by atoms with Gasteiger partial charge in [0.2, 0.25) is 5.78 Å². The van der Waals surface area contributed by atoms with E-state index in [0.717, 1.165) is 12.8 Å². The molecule has 3 fully saturated rings. The summed E-state index contributed by atoms with van der Waals surface area (Å²) in [7, 11) is 1.22. The van der Waals surface area contributed by atoms with Crippen LogP contribution in [0.25, 0.3) is 0 Å². The fourth-order valence-electron chi connectivity index (χ4n) is 6.79. The predicted molar refractivity (Wildman–Crippen MR) is 138 cm³/mol. The molecule has 0 radical (unpaired) electrons. The van der Waals surface area contributed by atoms with Gasteiger partial charge in [-0.15, -0.1) is 0 Å². The Kier molecular flexibility index (Phi) is 7.34. The molecule has 2 amide bonds. The van der Waals surface area contributed by atoms with Crippen molar-refractivity contribution in [3.05, 3.63) is 71.5 Å². The molecular weight excluding hydrogens is 503 g/mol. The second kappa shape index (κ2) is 10.7. The molecule has 0 spiro atoms. The van der Waals surface area contributed by atoms with Crippen LogP contribution in [0.3, 0.4) is 0 Å². The molecule has 0 bridgehead atoms. The Balaban J connectivity index is 1.57. The molecule has 1 saturated carbocycles. The molecule has 39 heavy (non-hydrogen) atoms. The van der Waals surface area contributed by atoms with Crippen molar-refractivity contribution in [3.63, 3.8) is 0 Å². The van der Waals surface area contributed by atoms with Gasteiger partial charge in [-0.25, -0.2) is 9.18 Å². The van der Waals surface area contributed by atoms with E-state index in [-0.39, 0.29) is 31.6 Å². The number of esters is 1. The van der Waals surface area contributed by atoms with Crippen LogP contribution in [0.15, 0.2) is 54.6 Å². The van der Waals surface area contributed by atoms with Gasteiger partial charge in [0.05, 0.1) is 7.11 Å². The molecule has 0 N–H and O–H groups in total. The first-order valence-corrected chi connectivity index (χ1v) is 13.3. The Morgan fingerprint density at radius 1 is 1.00 bits per heavy atom. The lowest BCUT2D eigenvalue weighted by molar-refractivity contribution is -0.156. The van der Waals surface area contributed by atoms with E-state index < -0.39 is 52.7 Å². The Bertz CT molecular complexity index is 1290. The topological polar surface area (TPSA) is 101 Å². The molecule has 9 heteroatoms. The van der Waals surface area contributed by atoms with Crippen molar-refractivity contribution in [1.29, 1.82) is 0 Å². The number of fused-ring (bicyclic) bond motifs is 1. The van der Waals surface area contributed by atoms with Crippen molar-refractivity contribution in [3.8, 4) is 0 Å². The molecule has 4 atom stereocenters. The molecule has 204 valence electrons. The SMILES string of the molecule is COC(=O)[C@@]1(Cc2ccc(F)cc2)[C@H]2C(CC(=O)C(=O)N3CCCC3)C(=O)C[C@H]2CN1C(=O)c1ccccc1. The van der Waals surface area contributed by atoms with E-state index in [0.29, 0.717) is 24.2 Å². The van der Waals surface area contributed by atoms with Gasteiger partial charge in [-0.05, 0) is 48.6 Å². The summed E-state index contributed by atoms with van der Waals surface area (Å²) in [5, 5.41) is 0. The first kappa shape index (κ1) is 26.7. The summed E-state index contributed by atoms with van der Waals surface area (Å²) < 4.78 is 19.0. The van der Waals surface area contributed by atoms with E-state index in [4.69, 9.17) is 4.74 Å². The summed E-state index contributed by atoms with van der Waals surface area (Å²) in [5.74, 6) is -5.11. The molecular formula is C30H31FN2O6. The van der Waals surface area contributed by atoms with Crippen molar-refractivity contribution in [1.82, 2.24) is 9.80 Å². The minimum atomic E-state index is -1.63. The molecule has 0 aromatic heterocycles. The molecule has 2 heterocycles. The van der Waals surface area contributed by atoms with Crippen LogP contribution in [-0.2, 0) is 30.3 Å². The average molecular weight is 535 g/mol. The van der Waals surface area contributed by atoms with E-state index in [2.05, 4.69) is 0 Å². The van der Waals surface area contributed by atoms with Gasteiger partial charge in [0.25, 0.3) is 11.8 Å². The van der Waals surface area contributed by atoms with Crippen LogP contribution in [0, 0.1) is 23.6 Å². The molecule has 5 rings (SSSR count). The first-order chi connectivity index (χ1) is 18.8. The number of benzene rings is 2. The Morgan fingerprint density at radius 2 is 1.67 bits per heavy atom. The maximum atomic E-state index is 13.9. The molecule has 8 nitrogen and oxygen atoms in total. The minimum absolute atomic E-state index is 0.0300. The van der Waals surface area contributed by atoms with Crippen LogP contribution in [0.4, 0.5) is 4.39 Å². The highest BCUT2D eigenvalue weighted by Gasteiger charge is 2.66. The standard InChI is InChI=1S/C30H31FN2O6/c1-39-29(38)30(17-19-9-11-22(31)12-10-19)26-21(18-33(30)27(36)20-7-3-2-4-8-20)15-24(34)23(26)16-25(35)28(37)32-13-5-6-14-32/h2-4,7-12,21,23,26H,5-6,13-18H2,1H3/t21-,23?,26+,30+/m0/s1. The highest BCUT2D eigenvalue weighted by Crippen LogP contribution is 2.53. The van der Waals surface area contributed by atoms with Crippen molar-refractivity contribution in [2.45, 2.75) is 37.6 Å². The van der Waals surface area contributed by atoms with Gasteiger partial charge in [0, 0.05) is 56.3 Å². The van der Waals surface area contributed by atoms with E-state index in [1.54, 1.807) is 30.3 Å². The summed E-state index contributed by atoms with van der Waals surface area (Å²) in [6.07, 6.45) is 1.38. The van der Waals surface area contributed by atoms with Crippen LogP contribution in [0.2, 0.25) is 0 Å². The minimum Gasteiger partial charge on any atom is -0.467 e. The van der Waals surface area contributed by atoms with Crippen molar-refractivity contribution in [2.24, 2.45) is 17.8 Å². The number of Topliss-reactive ketones (excluding diaryl/α,β-unsaturated/α-hetero) is 2. The molecule has 3 aliphatic rings. The quantitative estimate of drug-likeness (QED) is 0.400. The van der Waals surface area contributed by atoms with Gasteiger partial charge < -0.3 is 14.5 Å². The predicted octanol–water partition coefficient (Wildman–Crippen LogP) is 2.84. The second-order valence-corrected chi connectivity index (χ2v) is 10.7. The largest absolute Gasteiger partial charge is 0.467 e. The van der Waals surface area contributed by atoms with Gasteiger partial charge in [-0.1, -0.05) is 30.3 Å². The second-order valence-electron chi connectivity index (χ2n) is 10.7. The summed E-state index contributed by atoms with van der Waals surface area (Å²) in [4.78, 5) is 70.0. The molecule has 2 saturated heterocycles. The molecule has 2 aromatic rings. The highest BCUT2D eigenvalue weighted by atomic mass is 19.1. The number of halogens is 1. The van der Waals surface area contributed by atoms with Gasteiger partial charge >= 0.3 is 5.97 Å². The van der Waals surface area contributed by atoms with Crippen LogP contribution >= 0.6 is 0 Å². The van der Waals surface area contributed by atoms with E-state index >= 15 is 0 Å². The van der Waals surface area contributed by atoms with Crippen molar-refractivity contribution >= 4 is 29.4 Å². The number of amides is 2. The molecule has 1 aliphatic carbocycles. The normalized spacial score (nSPS) is 26.0. The summed E-state index contributed by atoms with van der Waals surface area (Å²) >= 11 is 0. The van der Waals surface area contributed by atoms with E-state index in [9.17, 15) is 28.4 Å². The number of rotatable bonds is 7. The summed E-state index contributed by atoms with van der Waals surface area (Å²) in [6.45, 7) is 1.13. The van der Waals surface area contributed by atoms with Gasteiger partial charge in [-0.3, -0.25) is 19.2 Å². The summed E-state index contributed by atoms with van der Waals surface area (Å²) in [5.41, 5.74) is -0.684. The Morgan fingerprint density at radius 3 is 2.31 bits per heavy atom. The van der Waals surface area contributed by atoms with Crippen molar-refractivity contribution < 1.29 is 33.1 Å². The summed E-state index contributed by atoms with van der Waals surface area (Å²) in [6, 6.07) is 14.1. The lowest BCUT2D eigenvalue weighted by Gasteiger charge is -2.41. The molecule has 1 unspecified atom stereocenters. The average Bonchev–Trinajstić information content (AvgIpc) is 3.66. The van der Waals surface area contributed by atoms with Crippen LogP contribution in [0.1, 0.15) is 41.6 Å². The van der Waals surface area contributed by atoms with Crippen molar-refractivity contribution in [2.75, 3.05) is 26.7 Å². The number of carbonyl (C=O) groups excluding carboxylic acids is 5. The number of likely N-dealkylation sites (tertiary alicyclic amines) is 2. The van der Waals surface area contributed by atoms with Gasteiger partial charge in [0.1, 0.15) is 17.1 Å². The number of nitrogens with zero attached hydrogens (tertiary/aromatic N) is 2. The third-order valence-electron chi connectivity index (χ3n) is 8.50. The molecule has 2 aromatic carbocycles. The highest BCUT2D eigenvalue weighted by molar-refractivity contribution is 6.36. The monoisotopic (exact) mass is 534 g/mol. The van der Waals surface area contributed by atoms with E-state index in [1.807, 2.05) is 0 Å². The number of hydrogen-bond acceptors (Lipinski definition) is 6. The lowest BCUT2D eigenvalue weighted by Crippen LogP contribution is -2.60. The zero-order chi connectivity index (χ0) is 27.7. The Labute approximate surface area is 226 Å². The number of hydrogen-bond donors (Lipinski definition) is 0. The van der Waals surface area contributed by atoms with Crippen LogP contribution in [-0.4, -0.2) is 71.4 Å². The number of methoxy groups -OCH3 is 1. The zero-order valence-corrected chi connectivity index (χ0v) is 21.8. The number of ether oxygens (including phenoxy) is 1. The molecule has 2 aliphatic heterocycles. The van der Waals surface area contributed by atoms with Crippen LogP contribution < -0.4 is 0 Å². The maximum absolute atomic E-state index is 13.9.